The molecule has 0 amide bonds. The van der Waals surface area contributed by atoms with E-state index in [1.165, 1.54) is 13.3 Å². The average molecular weight is 252 g/mol. The van der Waals surface area contributed by atoms with E-state index in [9.17, 15) is 9.59 Å². The Bertz CT molecular complexity index is 661. The first-order valence-electron chi connectivity index (χ1n) is 4.95. The van der Waals surface area contributed by atoms with Crippen LogP contribution in [0.4, 0.5) is 0 Å². The van der Waals surface area contributed by atoms with E-state index in [4.69, 9.17) is 11.6 Å². The van der Waals surface area contributed by atoms with E-state index in [0.717, 1.165) is 5.56 Å². The number of H-pyrrole nitrogens is 1. The van der Waals surface area contributed by atoms with Gasteiger partial charge < -0.3 is 9.72 Å². The molecule has 2 aromatic rings. The normalized spacial score (nSPS) is 10.5. The van der Waals surface area contributed by atoms with Crippen LogP contribution in [0.1, 0.15) is 15.9 Å². The van der Waals surface area contributed by atoms with Gasteiger partial charge in [-0.1, -0.05) is 11.6 Å². The summed E-state index contributed by atoms with van der Waals surface area (Å²) in [6.07, 6.45) is 1.35. The van der Waals surface area contributed by atoms with Crippen molar-refractivity contribution in [1.82, 2.24) is 4.98 Å². The highest BCUT2D eigenvalue weighted by molar-refractivity contribution is 6.32. The van der Waals surface area contributed by atoms with Crippen molar-refractivity contribution in [3.8, 4) is 0 Å². The number of carbonyl (C=O) groups is 1. The summed E-state index contributed by atoms with van der Waals surface area (Å²) in [5.74, 6) is -0.652. The van der Waals surface area contributed by atoms with Crippen LogP contribution in [-0.2, 0) is 4.74 Å². The molecule has 0 aliphatic rings. The van der Waals surface area contributed by atoms with Gasteiger partial charge in [0.15, 0.2) is 0 Å². The van der Waals surface area contributed by atoms with Gasteiger partial charge in [0.25, 0.3) is 0 Å². The largest absolute Gasteiger partial charge is 0.465 e. The second-order valence-electron chi connectivity index (χ2n) is 3.62. The lowest BCUT2D eigenvalue weighted by Gasteiger charge is -2.05. The Balaban J connectivity index is 2.83. The van der Waals surface area contributed by atoms with Crippen LogP contribution >= 0.6 is 11.6 Å². The molecule has 0 aliphatic carbocycles. The molecule has 5 heteroatoms. The molecule has 88 valence electrons. The third-order valence-corrected chi connectivity index (χ3v) is 3.06. The van der Waals surface area contributed by atoms with Crippen LogP contribution < -0.4 is 5.43 Å². The molecule has 0 atom stereocenters. The molecule has 0 aliphatic heterocycles. The number of aromatic nitrogens is 1. The highest BCUT2D eigenvalue weighted by atomic mass is 35.5. The highest BCUT2D eigenvalue weighted by Gasteiger charge is 2.14. The van der Waals surface area contributed by atoms with Gasteiger partial charge in [0.05, 0.1) is 12.6 Å². The Labute approximate surface area is 102 Å². The van der Waals surface area contributed by atoms with Crippen LogP contribution in [0.3, 0.4) is 0 Å². The zero-order chi connectivity index (χ0) is 12.6. The van der Waals surface area contributed by atoms with Gasteiger partial charge in [-0.3, -0.25) is 4.79 Å². The maximum absolute atomic E-state index is 12.0. The van der Waals surface area contributed by atoms with Gasteiger partial charge in [-0.15, -0.1) is 0 Å². The molecule has 0 spiro atoms. The quantitative estimate of drug-likeness (QED) is 0.791. The maximum atomic E-state index is 12.0. The molecule has 0 radical (unpaired) electrons. The molecule has 1 N–H and O–H groups in total. The van der Waals surface area contributed by atoms with Crippen molar-refractivity contribution in [1.29, 1.82) is 0 Å². The number of carbonyl (C=O) groups excluding carboxylic acids is 1. The number of hydrogen-bond acceptors (Lipinski definition) is 3. The van der Waals surface area contributed by atoms with Crippen LogP contribution in [0.15, 0.2) is 23.1 Å². The number of nitrogens with one attached hydrogen (secondary N) is 1. The van der Waals surface area contributed by atoms with Crippen molar-refractivity contribution in [2.45, 2.75) is 6.92 Å². The molecular formula is C12H10ClNO3. The van der Waals surface area contributed by atoms with Crippen LogP contribution in [-0.4, -0.2) is 18.1 Å². The van der Waals surface area contributed by atoms with E-state index in [1.54, 1.807) is 19.1 Å². The van der Waals surface area contributed by atoms with Gasteiger partial charge >= 0.3 is 5.97 Å². The first-order valence-corrected chi connectivity index (χ1v) is 5.33. The Morgan fingerprint density at radius 1 is 1.41 bits per heavy atom. The third kappa shape index (κ3) is 1.80. The van der Waals surface area contributed by atoms with E-state index in [1.807, 2.05) is 0 Å². The molecule has 17 heavy (non-hydrogen) atoms. The molecule has 0 saturated heterocycles. The summed E-state index contributed by atoms with van der Waals surface area (Å²) in [5, 5.41) is 0.994. The molecule has 1 heterocycles. The van der Waals surface area contributed by atoms with Gasteiger partial charge in [-0.05, 0) is 24.6 Å². The lowest BCUT2D eigenvalue weighted by molar-refractivity contribution is 0.0599. The van der Waals surface area contributed by atoms with Gasteiger partial charge in [0, 0.05) is 16.6 Å². The molecule has 1 aromatic heterocycles. The van der Waals surface area contributed by atoms with Crippen molar-refractivity contribution in [2.75, 3.05) is 7.11 Å². The zero-order valence-electron chi connectivity index (χ0n) is 9.33. The topological polar surface area (TPSA) is 59.2 Å². The average Bonchev–Trinajstić information content (AvgIpc) is 2.33. The minimum atomic E-state index is -0.652. The fraction of sp³-hybridized carbons (Fsp3) is 0.167. The van der Waals surface area contributed by atoms with Crippen molar-refractivity contribution < 1.29 is 9.53 Å². The smallest absolute Gasteiger partial charge is 0.343 e. The summed E-state index contributed by atoms with van der Waals surface area (Å²) in [6, 6.07) is 3.23. The van der Waals surface area contributed by atoms with Crippen molar-refractivity contribution in [3.63, 3.8) is 0 Å². The fourth-order valence-corrected chi connectivity index (χ4v) is 1.84. The summed E-state index contributed by atoms with van der Waals surface area (Å²) in [6.45, 7) is 1.80. The molecule has 1 aromatic carbocycles. The first-order chi connectivity index (χ1) is 8.06. The van der Waals surface area contributed by atoms with E-state index in [2.05, 4.69) is 9.72 Å². The monoisotopic (exact) mass is 251 g/mol. The number of esters is 1. The van der Waals surface area contributed by atoms with E-state index >= 15 is 0 Å². The Morgan fingerprint density at radius 3 is 2.76 bits per heavy atom. The molecule has 0 fully saturated rings. The lowest BCUT2D eigenvalue weighted by atomic mass is 10.1. The number of aromatic amines is 1. The summed E-state index contributed by atoms with van der Waals surface area (Å²) < 4.78 is 4.53. The van der Waals surface area contributed by atoms with Crippen molar-refractivity contribution in [3.05, 3.63) is 44.7 Å². The predicted molar refractivity (Wildman–Crippen MR) is 65.7 cm³/mol. The standard InChI is InChI=1S/C12H10ClNO3/c1-6-9(13)4-3-7-10(6)14-5-8(11(7)15)12(16)17-2/h3-5H,1-2H3,(H,14,15). The minimum Gasteiger partial charge on any atom is -0.465 e. The highest BCUT2D eigenvalue weighted by Crippen LogP contribution is 2.21. The van der Waals surface area contributed by atoms with E-state index in [0.29, 0.717) is 15.9 Å². The van der Waals surface area contributed by atoms with Crippen molar-refractivity contribution >= 4 is 28.5 Å². The second kappa shape index (κ2) is 4.22. The number of benzene rings is 1. The Kier molecular flexibility index (Phi) is 2.90. The summed E-state index contributed by atoms with van der Waals surface area (Å²) in [7, 11) is 1.24. The number of fused-ring (bicyclic) bond motifs is 1. The number of pyridine rings is 1. The number of methoxy groups -OCH3 is 1. The fourth-order valence-electron chi connectivity index (χ4n) is 1.68. The molecule has 0 unspecified atom stereocenters. The first kappa shape index (κ1) is 11.7. The molecular weight excluding hydrogens is 242 g/mol. The Morgan fingerprint density at radius 2 is 2.12 bits per heavy atom. The third-order valence-electron chi connectivity index (χ3n) is 2.65. The number of rotatable bonds is 1. The second-order valence-corrected chi connectivity index (χ2v) is 4.03. The summed E-state index contributed by atoms with van der Waals surface area (Å²) >= 11 is 5.96. The van der Waals surface area contributed by atoms with Gasteiger partial charge in [-0.2, -0.15) is 0 Å². The van der Waals surface area contributed by atoms with Crippen molar-refractivity contribution in [2.24, 2.45) is 0 Å². The van der Waals surface area contributed by atoms with Gasteiger partial charge in [0.2, 0.25) is 5.43 Å². The van der Waals surface area contributed by atoms with Crippen LogP contribution in [0.25, 0.3) is 10.9 Å². The molecule has 2 rings (SSSR count). The number of halogens is 1. The summed E-state index contributed by atoms with van der Waals surface area (Å²) in [5.41, 5.74) is 1.04. The van der Waals surface area contributed by atoms with Crippen LogP contribution in [0.5, 0.6) is 0 Å². The van der Waals surface area contributed by atoms with Gasteiger partial charge in [0.1, 0.15) is 5.56 Å². The lowest BCUT2D eigenvalue weighted by Crippen LogP contribution is -2.17. The SMILES string of the molecule is COC(=O)c1c[nH]c2c(C)c(Cl)ccc2c1=O. The van der Waals surface area contributed by atoms with Gasteiger partial charge in [-0.25, -0.2) is 4.79 Å². The number of hydrogen-bond donors (Lipinski definition) is 1. The molecule has 0 saturated carbocycles. The van der Waals surface area contributed by atoms with Crippen LogP contribution in [0.2, 0.25) is 5.02 Å². The minimum absolute atomic E-state index is 0.0123. The van der Waals surface area contributed by atoms with Crippen LogP contribution in [0, 0.1) is 6.92 Å². The molecule has 4 nitrogen and oxygen atoms in total. The number of aryl methyl sites for hydroxylation is 1. The van der Waals surface area contributed by atoms with E-state index < -0.39 is 5.97 Å². The maximum Gasteiger partial charge on any atom is 0.343 e. The zero-order valence-corrected chi connectivity index (χ0v) is 10.1. The van der Waals surface area contributed by atoms with E-state index in [-0.39, 0.29) is 11.0 Å². The molecule has 0 bridgehead atoms. The predicted octanol–water partition coefficient (Wildman–Crippen LogP) is 2.28. The number of ether oxygens (including phenoxy) is 1. The summed E-state index contributed by atoms with van der Waals surface area (Å²) in [4.78, 5) is 26.3. The Hall–Kier alpha value is -1.81.